The smallest absolute Gasteiger partial charge is 0.119 e. The number of rotatable bonds is 13. The molecule has 38 heavy (non-hydrogen) atoms. The summed E-state index contributed by atoms with van der Waals surface area (Å²) in [5.41, 5.74) is 6.00. The van der Waals surface area contributed by atoms with Crippen LogP contribution in [0.5, 0.6) is 5.75 Å². The van der Waals surface area contributed by atoms with Gasteiger partial charge in [0.15, 0.2) is 0 Å². The van der Waals surface area contributed by atoms with Gasteiger partial charge in [-0.15, -0.1) is 0 Å². The molecule has 0 unspecified atom stereocenters. The third-order valence-electron chi connectivity index (χ3n) is 7.17. The fraction of sp³-hybridized carbons (Fsp3) is 0.351. The standard InChI is InChI=1S/C37H42O/c1-3-5-7-8-9-10-12-30-15-20-33(21-16-30)34-22-17-31(18-23-34)13-14-32-19-24-36-29-37(26-25-35(36)28-32)38-27-11-6-4-2/h15-26,28-29H,3-12,27H2,1-2H3. The van der Waals surface area contributed by atoms with Crippen LogP contribution in [0.3, 0.4) is 0 Å². The number of hydrogen-bond acceptors (Lipinski definition) is 1. The number of hydrogen-bond donors (Lipinski definition) is 0. The molecule has 0 amide bonds. The first-order valence-corrected chi connectivity index (χ1v) is 14.6. The zero-order valence-corrected chi connectivity index (χ0v) is 23.3. The van der Waals surface area contributed by atoms with Gasteiger partial charge < -0.3 is 4.74 Å². The minimum atomic E-state index is 0.784. The molecule has 0 aliphatic rings. The van der Waals surface area contributed by atoms with Crippen LogP contribution in [0.1, 0.15) is 88.3 Å². The Kier molecular flexibility index (Phi) is 10.9. The quantitative estimate of drug-likeness (QED) is 0.130. The van der Waals surface area contributed by atoms with Gasteiger partial charge in [-0.1, -0.05) is 119 Å². The molecular weight excluding hydrogens is 460 g/mol. The zero-order valence-electron chi connectivity index (χ0n) is 23.3. The summed E-state index contributed by atoms with van der Waals surface area (Å²) in [7, 11) is 0. The molecule has 196 valence electrons. The van der Waals surface area contributed by atoms with E-state index in [1.165, 1.54) is 85.3 Å². The molecule has 0 atom stereocenters. The molecule has 0 aliphatic carbocycles. The molecule has 0 aromatic heterocycles. The summed E-state index contributed by atoms with van der Waals surface area (Å²) in [6, 6.07) is 30.4. The van der Waals surface area contributed by atoms with Crippen LogP contribution in [-0.2, 0) is 6.42 Å². The number of benzene rings is 4. The van der Waals surface area contributed by atoms with Gasteiger partial charge in [-0.3, -0.25) is 0 Å². The summed E-state index contributed by atoms with van der Waals surface area (Å²) < 4.78 is 5.90. The van der Waals surface area contributed by atoms with Crippen molar-refractivity contribution in [3.8, 4) is 28.7 Å². The van der Waals surface area contributed by atoms with Crippen LogP contribution in [-0.4, -0.2) is 6.61 Å². The van der Waals surface area contributed by atoms with Crippen molar-refractivity contribution in [1.82, 2.24) is 0 Å². The molecule has 0 radical (unpaired) electrons. The summed E-state index contributed by atoms with van der Waals surface area (Å²) in [5, 5.41) is 2.37. The van der Waals surface area contributed by atoms with E-state index >= 15 is 0 Å². The molecule has 0 aliphatic heterocycles. The third kappa shape index (κ3) is 8.53. The van der Waals surface area contributed by atoms with Crippen LogP contribution in [0.2, 0.25) is 0 Å². The van der Waals surface area contributed by atoms with Crippen LogP contribution < -0.4 is 4.74 Å². The monoisotopic (exact) mass is 502 g/mol. The summed E-state index contributed by atoms with van der Waals surface area (Å²) in [6.45, 7) is 5.27. The van der Waals surface area contributed by atoms with E-state index < -0.39 is 0 Å². The van der Waals surface area contributed by atoms with E-state index in [1.54, 1.807) is 0 Å². The van der Waals surface area contributed by atoms with Crippen molar-refractivity contribution in [1.29, 1.82) is 0 Å². The van der Waals surface area contributed by atoms with Gasteiger partial charge in [0.2, 0.25) is 0 Å². The van der Waals surface area contributed by atoms with Crippen LogP contribution in [0.4, 0.5) is 0 Å². The Hall–Kier alpha value is -3.50. The lowest BCUT2D eigenvalue weighted by Gasteiger charge is -2.07. The van der Waals surface area contributed by atoms with Crippen molar-refractivity contribution in [2.24, 2.45) is 0 Å². The van der Waals surface area contributed by atoms with Crippen LogP contribution in [0.15, 0.2) is 84.9 Å². The lowest BCUT2D eigenvalue weighted by atomic mass is 10.00. The number of fused-ring (bicyclic) bond motifs is 1. The Morgan fingerprint density at radius 1 is 0.526 bits per heavy atom. The van der Waals surface area contributed by atoms with E-state index in [0.29, 0.717) is 0 Å². The van der Waals surface area contributed by atoms with Gasteiger partial charge in [0.25, 0.3) is 0 Å². The molecule has 1 nitrogen and oxygen atoms in total. The van der Waals surface area contributed by atoms with Gasteiger partial charge in [0.1, 0.15) is 5.75 Å². The topological polar surface area (TPSA) is 9.23 Å². The number of aryl methyl sites for hydroxylation is 1. The second-order valence-electron chi connectivity index (χ2n) is 10.3. The molecule has 1 heteroatoms. The molecule has 0 N–H and O–H groups in total. The summed E-state index contributed by atoms with van der Waals surface area (Å²) in [4.78, 5) is 0. The summed E-state index contributed by atoms with van der Waals surface area (Å²) in [5.74, 6) is 7.61. The molecule has 4 rings (SSSR count). The minimum Gasteiger partial charge on any atom is -0.494 e. The Morgan fingerprint density at radius 3 is 1.87 bits per heavy atom. The van der Waals surface area contributed by atoms with Crippen LogP contribution >= 0.6 is 0 Å². The highest BCUT2D eigenvalue weighted by Gasteiger charge is 2.01. The maximum Gasteiger partial charge on any atom is 0.119 e. The molecule has 0 fully saturated rings. The molecule has 0 heterocycles. The summed E-state index contributed by atoms with van der Waals surface area (Å²) in [6.07, 6.45) is 12.8. The first-order chi connectivity index (χ1) is 18.7. The average Bonchev–Trinajstić information content (AvgIpc) is 2.96. The van der Waals surface area contributed by atoms with Gasteiger partial charge in [-0.05, 0) is 83.1 Å². The normalized spacial score (nSPS) is 10.8. The number of unbranched alkanes of at least 4 members (excludes halogenated alkanes) is 7. The minimum absolute atomic E-state index is 0.784. The predicted molar refractivity (Wildman–Crippen MR) is 164 cm³/mol. The van der Waals surface area contributed by atoms with E-state index in [2.05, 4.69) is 111 Å². The first kappa shape index (κ1) is 27.5. The van der Waals surface area contributed by atoms with Crippen LogP contribution in [0, 0.1) is 11.8 Å². The van der Waals surface area contributed by atoms with Crippen molar-refractivity contribution in [3.05, 3.63) is 102 Å². The molecule has 0 saturated heterocycles. The second kappa shape index (κ2) is 15.0. The van der Waals surface area contributed by atoms with Crippen molar-refractivity contribution in [2.75, 3.05) is 6.61 Å². The lowest BCUT2D eigenvalue weighted by Crippen LogP contribution is -1.96. The molecular formula is C37H42O. The van der Waals surface area contributed by atoms with Gasteiger partial charge in [-0.2, -0.15) is 0 Å². The fourth-order valence-corrected chi connectivity index (χ4v) is 4.80. The largest absolute Gasteiger partial charge is 0.494 e. The highest BCUT2D eigenvalue weighted by Crippen LogP contribution is 2.23. The van der Waals surface area contributed by atoms with Crippen molar-refractivity contribution in [2.45, 2.75) is 78.1 Å². The van der Waals surface area contributed by atoms with E-state index in [-0.39, 0.29) is 0 Å². The molecule has 4 aromatic carbocycles. The second-order valence-corrected chi connectivity index (χ2v) is 10.3. The van der Waals surface area contributed by atoms with E-state index in [4.69, 9.17) is 4.74 Å². The first-order valence-electron chi connectivity index (χ1n) is 14.6. The van der Waals surface area contributed by atoms with Gasteiger partial charge in [-0.25, -0.2) is 0 Å². The van der Waals surface area contributed by atoms with Crippen molar-refractivity contribution < 1.29 is 4.74 Å². The third-order valence-corrected chi connectivity index (χ3v) is 7.17. The SMILES string of the molecule is CCCCCCCCc1ccc(-c2ccc(C#Cc3ccc4cc(OCCCCC)ccc4c3)cc2)cc1. The van der Waals surface area contributed by atoms with Gasteiger partial charge in [0.05, 0.1) is 6.61 Å². The average molecular weight is 503 g/mol. The van der Waals surface area contributed by atoms with E-state index in [9.17, 15) is 0 Å². The molecule has 4 aromatic rings. The van der Waals surface area contributed by atoms with E-state index in [1.807, 2.05) is 0 Å². The highest BCUT2D eigenvalue weighted by molar-refractivity contribution is 5.85. The summed E-state index contributed by atoms with van der Waals surface area (Å²) >= 11 is 0. The predicted octanol–water partition coefficient (Wildman–Crippen LogP) is 10.4. The molecule has 0 saturated carbocycles. The molecule has 0 bridgehead atoms. The van der Waals surface area contributed by atoms with Gasteiger partial charge in [0, 0.05) is 11.1 Å². The Balaban J connectivity index is 1.32. The Morgan fingerprint density at radius 2 is 1.11 bits per heavy atom. The molecule has 0 spiro atoms. The van der Waals surface area contributed by atoms with Gasteiger partial charge >= 0.3 is 0 Å². The Bertz CT molecular complexity index is 1320. The fourth-order valence-electron chi connectivity index (χ4n) is 4.80. The maximum absolute atomic E-state index is 5.90. The number of ether oxygens (including phenoxy) is 1. The van der Waals surface area contributed by atoms with Crippen LogP contribution in [0.25, 0.3) is 21.9 Å². The zero-order chi connectivity index (χ0) is 26.4. The van der Waals surface area contributed by atoms with E-state index in [0.717, 1.165) is 29.9 Å². The van der Waals surface area contributed by atoms with Crippen molar-refractivity contribution in [3.63, 3.8) is 0 Å². The Labute approximate surface area is 230 Å². The highest BCUT2D eigenvalue weighted by atomic mass is 16.5. The maximum atomic E-state index is 5.90. The van der Waals surface area contributed by atoms with Crippen molar-refractivity contribution >= 4 is 10.8 Å². The lowest BCUT2D eigenvalue weighted by molar-refractivity contribution is 0.306.